The fourth-order valence-corrected chi connectivity index (χ4v) is 4.58. The first-order valence-electron chi connectivity index (χ1n) is 10.9. The van der Waals surface area contributed by atoms with Crippen molar-refractivity contribution in [3.63, 3.8) is 0 Å². The summed E-state index contributed by atoms with van der Waals surface area (Å²) in [4.78, 5) is 38.2. The average molecular weight is 444 g/mol. The quantitative estimate of drug-likeness (QED) is 0.448. The summed E-state index contributed by atoms with van der Waals surface area (Å²) < 4.78 is 11.3. The van der Waals surface area contributed by atoms with Crippen molar-refractivity contribution in [2.24, 2.45) is 5.92 Å². The third-order valence-corrected chi connectivity index (χ3v) is 6.58. The molecule has 0 bridgehead atoms. The topological polar surface area (TPSA) is 104 Å². The second kappa shape index (κ2) is 8.24. The Morgan fingerprint density at radius 3 is 2.48 bits per heavy atom. The molecule has 4 aromatic rings. The van der Waals surface area contributed by atoms with E-state index in [0.29, 0.717) is 48.2 Å². The molecule has 7 nitrogen and oxygen atoms in total. The molecule has 1 amide bonds. The lowest BCUT2D eigenvalue weighted by Crippen LogP contribution is -2.44. The number of amides is 1. The van der Waals surface area contributed by atoms with Gasteiger partial charge in [-0.3, -0.25) is 4.79 Å². The molecule has 1 fully saturated rings. The molecule has 2 aromatic heterocycles. The van der Waals surface area contributed by atoms with E-state index in [4.69, 9.17) is 8.83 Å². The first kappa shape index (κ1) is 21.0. The van der Waals surface area contributed by atoms with Crippen LogP contribution in [0.5, 0.6) is 0 Å². The standard InChI is InChI=1S/C26H23NO6/c1-15-18-11-20-21(16-5-3-2-4-6-16)14-32-22(20)13-23(18)33-26(31)19(15)12-24(28)27-9-7-17(8-10-27)25(29)30/h2-6,11,13-14,17H,7-10,12H2,1H3,(H,29,30)/p-1. The number of aryl methyl sites for hydroxylation is 1. The molecule has 0 saturated carbocycles. The highest BCUT2D eigenvalue weighted by Crippen LogP contribution is 2.34. The van der Waals surface area contributed by atoms with E-state index in [1.807, 2.05) is 43.3 Å². The molecule has 0 spiro atoms. The number of hydrogen-bond donors (Lipinski definition) is 0. The summed E-state index contributed by atoms with van der Waals surface area (Å²) in [5, 5.41) is 12.7. The summed E-state index contributed by atoms with van der Waals surface area (Å²) in [5.41, 5.74) is 3.44. The number of piperidine rings is 1. The van der Waals surface area contributed by atoms with Crippen LogP contribution >= 0.6 is 0 Å². The lowest BCUT2D eigenvalue weighted by Gasteiger charge is -2.32. The van der Waals surface area contributed by atoms with Crippen molar-refractivity contribution in [2.75, 3.05) is 13.1 Å². The Morgan fingerprint density at radius 2 is 1.79 bits per heavy atom. The van der Waals surface area contributed by atoms with E-state index < -0.39 is 17.5 Å². The van der Waals surface area contributed by atoms with Gasteiger partial charge in [0, 0.05) is 47.4 Å². The number of rotatable bonds is 4. The van der Waals surface area contributed by atoms with Gasteiger partial charge in [-0.15, -0.1) is 0 Å². The minimum absolute atomic E-state index is 0.0882. The number of carboxylic acids is 1. The molecule has 33 heavy (non-hydrogen) atoms. The van der Waals surface area contributed by atoms with Crippen LogP contribution in [0.25, 0.3) is 33.1 Å². The van der Waals surface area contributed by atoms with Gasteiger partial charge in [-0.25, -0.2) is 4.79 Å². The summed E-state index contributed by atoms with van der Waals surface area (Å²) in [6, 6.07) is 13.5. The zero-order valence-electron chi connectivity index (χ0n) is 18.1. The lowest BCUT2D eigenvalue weighted by molar-refractivity contribution is -0.312. The van der Waals surface area contributed by atoms with Crippen molar-refractivity contribution in [2.45, 2.75) is 26.2 Å². The molecule has 0 atom stereocenters. The van der Waals surface area contributed by atoms with Crippen LogP contribution < -0.4 is 10.7 Å². The smallest absolute Gasteiger partial charge is 0.340 e. The molecule has 0 radical (unpaired) electrons. The Hall–Kier alpha value is -3.87. The summed E-state index contributed by atoms with van der Waals surface area (Å²) in [6.07, 6.45) is 2.32. The largest absolute Gasteiger partial charge is 0.550 e. The van der Waals surface area contributed by atoms with Gasteiger partial charge in [0.15, 0.2) is 0 Å². The minimum Gasteiger partial charge on any atom is -0.550 e. The maximum absolute atomic E-state index is 12.9. The van der Waals surface area contributed by atoms with E-state index in [2.05, 4.69) is 0 Å². The number of carbonyl (C=O) groups excluding carboxylic acids is 2. The molecule has 1 aliphatic heterocycles. The number of aliphatic carboxylic acids is 1. The number of fused-ring (bicyclic) bond motifs is 2. The minimum atomic E-state index is -1.08. The van der Waals surface area contributed by atoms with E-state index in [1.165, 1.54) is 0 Å². The van der Waals surface area contributed by atoms with Gasteiger partial charge in [0.25, 0.3) is 0 Å². The first-order valence-corrected chi connectivity index (χ1v) is 10.9. The predicted molar refractivity (Wildman–Crippen MR) is 120 cm³/mol. The number of hydrogen-bond acceptors (Lipinski definition) is 6. The van der Waals surface area contributed by atoms with E-state index in [0.717, 1.165) is 21.9 Å². The van der Waals surface area contributed by atoms with Crippen LogP contribution in [-0.2, 0) is 16.0 Å². The van der Waals surface area contributed by atoms with Crippen LogP contribution in [0, 0.1) is 12.8 Å². The van der Waals surface area contributed by atoms with E-state index in [1.54, 1.807) is 17.2 Å². The van der Waals surface area contributed by atoms with E-state index >= 15 is 0 Å². The van der Waals surface area contributed by atoms with Crippen molar-refractivity contribution in [3.05, 3.63) is 70.3 Å². The summed E-state index contributed by atoms with van der Waals surface area (Å²) in [5.74, 6) is -1.82. The van der Waals surface area contributed by atoms with Crippen LogP contribution in [0.4, 0.5) is 0 Å². The van der Waals surface area contributed by atoms with Crippen LogP contribution in [0.1, 0.15) is 24.0 Å². The van der Waals surface area contributed by atoms with Crippen LogP contribution in [0.2, 0.25) is 0 Å². The van der Waals surface area contributed by atoms with E-state index in [-0.39, 0.29) is 12.3 Å². The molecule has 5 rings (SSSR count). The molecule has 7 heteroatoms. The summed E-state index contributed by atoms with van der Waals surface area (Å²) in [7, 11) is 0. The molecule has 0 aliphatic carbocycles. The monoisotopic (exact) mass is 444 g/mol. The van der Waals surface area contributed by atoms with Crippen LogP contribution in [0.15, 0.2) is 62.4 Å². The van der Waals surface area contributed by atoms with Crippen molar-refractivity contribution >= 4 is 33.8 Å². The fraction of sp³-hybridized carbons (Fsp3) is 0.269. The highest BCUT2D eigenvalue weighted by Gasteiger charge is 2.25. The Morgan fingerprint density at radius 1 is 1.06 bits per heavy atom. The molecule has 2 aromatic carbocycles. The third-order valence-electron chi connectivity index (χ3n) is 6.58. The lowest BCUT2D eigenvalue weighted by atomic mass is 9.96. The number of carboxylic acid groups (broad SMARTS) is 1. The Bertz CT molecular complexity index is 1420. The van der Waals surface area contributed by atoms with Crippen molar-refractivity contribution in [3.8, 4) is 11.1 Å². The van der Waals surface area contributed by atoms with Crippen molar-refractivity contribution in [1.82, 2.24) is 4.90 Å². The van der Waals surface area contributed by atoms with E-state index in [9.17, 15) is 19.5 Å². The number of likely N-dealkylation sites (tertiary alicyclic amines) is 1. The zero-order valence-corrected chi connectivity index (χ0v) is 18.1. The summed E-state index contributed by atoms with van der Waals surface area (Å²) >= 11 is 0. The van der Waals surface area contributed by atoms with Gasteiger partial charge < -0.3 is 23.6 Å². The fourth-order valence-electron chi connectivity index (χ4n) is 4.58. The highest BCUT2D eigenvalue weighted by molar-refractivity contribution is 6.02. The SMILES string of the molecule is Cc1c(CC(=O)N2CCC(C(=O)[O-])CC2)c(=O)oc2cc3occ(-c4ccccc4)c3cc12. The molecule has 0 N–H and O–H groups in total. The van der Waals surface area contributed by atoms with Crippen molar-refractivity contribution < 1.29 is 23.5 Å². The number of benzene rings is 2. The van der Waals surface area contributed by atoms with Gasteiger partial charge in [-0.05, 0) is 37.0 Å². The highest BCUT2D eigenvalue weighted by atomic mass is 16.4. The molecule has 168 valence electrons. The normalized spacial score (nSPS) is 14.8. The molecular weight excluding hydrogens is 422 g/mol. The van der Waals surface area contributed by atoms with Crippen LogP contribution in [0.3, 0.4) is 0 Å². The second-order valence-corrected chi connectivity index (χ2v) is 8.50. The zero-order chi connectivity index (χ0) is 23.1. The average Bonchev–Trinajstić information content (AvgIpc) is 3.24. The maximum Gasteiger partial charge on any atom is 0.340 e. The number of carbonyl (C=O) groups is 2. The first-order chi connectivity index (χ1) is 15.9. The number of furan rings is 1. The van der Waals surface area contributed by atoms with Crippen molar-refractivity contribution in [1.29, 1.82) is 0 Å². The summed E-state index contributed by atoms with van der Waals surface area (Å²) in [6.45, 7) is 2.50. The van der Waals surface area contributed by atoms with Gasteiger partial charge >= 0.3 is 5.63 Å². The van der Waals surface area contributed by atoms with Gasteiger partial charge in [0.1, 0.15) is 11.2 Å². The Labute approximate surface area is 189 Å². The molecular formula is C26H22NO6-. The maximum atomic E-state index is 12.9. The van der Waals surface area contributed by atoms with Crippen LogP contribution in [-0.4, -0.2) is 29.9 Å². The molecule has 0 unspecified atom stereocenters. The van der Waals surface area contributed by atoms with Gasteiger partial charge in [0.2, 0.25) is 5.91 Å². The second-order valence-electron chi connectivity index (χ2n) is 8.50. The molecule has 1 saturated heterocycles. The molecule has 3 heterocycles. The van der Waals surface area contributed by atoms with Gasteiger partial charge in [0.05, 0.1) is 18.2 Å². The van der Waals surface area contributed by atoms with Gasteiger partial charge in [-0.1, -0.05) is 30.3 Å². The Kier molecular flexibility index (Phi) is 5.24. The number of nitrogens with zero attached hydrogens (tertiary/aromatic N) is 1. The molecule has 1 aliphatic rings. The third kappa shape index (κ3) is 3.80. The predicted octanol–water partition coefficient (Wildman–Crippen LogP) is 3.05. The Balaban J connectivity index is 1.49. The van der Waals surface area contributed by atoms with Gasteiger partial charge in [-0.2, -0.15) is 0 Å².